The Bertz CT molecular complexity index is 3640. The molecule has 0 bridgehead atoms. The molecule has 0 aliphatic rings. The van der Waals surface area contributed by atoms with Crippen LogP contribution in [0.3, 0.4) is 0 Å². The van der Waals surface area contributed by atoms with Gasteiger partial charge >= 0.3 is 113 Å². The van der Waals surface area contributed by atoms with Gasteiger partial charge in [-0.25, -0.2) is 75.4 Å². The minimum Gasteiger partial charge on any atom is -1.00 e. The van der Waals surface area contributed by atoms with Gasteiger partial charge in [0.2, 0.25) is 14.7 Å². The first-order chi connectivity index (χ1) is 63.9. The summed E-state index contributed by atoms with van der Waals surface area (Å²) in [6.45, 7) is 62.0. The number of hydrogen-bond acceptors (Lipinski definition) is 43. The average molecular weight is 2360 g/mol. The molecule has 1 aromatic heterocycles. The molecule has 814 valence electrons. The van der Waals surface area contributed by atoms with E-state index < -0.39 is 157 Å². The minimum atomic E-state index is -3.19. The third kappa shape index (κ3) is 85.6. The summed E-state index contributed by atoms with van der Waals surface area (Å²) in [4.78, 5) is 159. The summed E-state index contributed by atoms with van der Waals surface area (Å²) >= 11 is 2.94. The number of aromatic nitrogens is 3. The summed E-state index contributed by atoms with van der Waals surface area (Å²) in [6.07, 6.45) is -1.74. The Morgan fingerprint density at radius 3 is 0.936 bits per heavy atom. The van der Waals surface area contributed by atoms with Crippen molar-refractivity contribution in [2.45, 2.75) is 300 Å². The summed E-state index contributed by atoms with van der Waals surface area (Å²) < 4.78 is 123. The number of benzene rings is 1. The second kappa shape index (κ2) is 92.1. The van der Waals surface area contributed by atoms with E-state index in [1.165, 1.54) is 79.7 Å². The fraction of sp³-hybridized carbons (Fsp3) is 0.756. The van der Waals surface area contributed by atoms with Crippen molar-refractivity contribution >= 4 is 139 Å². The van der Waals surface area contributed by atoms with Crippen molar-refractivity contribution in [2.75, 3.05) is 150 Å². The number of esters is 14. The molecule has 1 aromatic carbocycles. The van der Waals surface area contributed by atoms with Crippen LogP contribution in [0.1, 0.15) is 237 Å². The second-order valence-corrected chi connectivity index (χ2v) is 33.0. The van der Waals surface area contributed by atoms with Gasteiger partial charge in [-0.1, -0.05) is 68.4 Å². The molecule has 0 saturated carbocycles. The van der Waals surface area contributed by atoms with E-state index in [9.17, 15) is 75.5 Å². The Kier molecular flexibility index (Phi) is 104. The largest absolute Gasteiger partial charge is 1.00 e. The van der Waals surface area contributed by atoms with Crippen molar-refractivity contribution in [3.8, 4) is 0 Å². The Morgan fingerprint density at radius 2 is 0.700 bits per heavy atom. The summed E-state index contributed by atoms with van der Waals surface area (Å²) in [6, 6.07) is 7.50. The molecular weight excluding hydrogens is 2200 g/mol. The van der Waals surface area contributed by atoms with Gasteiger partial charge in [-0.05, 0) is 240 Å². The van der Waals surface area contributed by atoms with E-state index in [2.05, 4.69) is 101 Å². The predicted molar refractivity (Wildman–Crippen MR) is 518 cm³/mol. The molecule has 2 rings (SSSR count). The Balaban J connectivity index is -0.000000107. The van der Waals surface area contributed by atoms with Crippen LogP contribution in [-0.4, -0.2) is 350 Å². The van der Waals surface area contributed by atoms with Crippen LogP contribution in [0.15, 0.2) is 36.6 Å². The molecule has 1 heterocycles. The normalized spacial score (nSPS) is 11.2. The first-order valence-electron chi connectivity index (χ1n) is 44.6. The van der Waals surface area contributed by atoms with Crippen molar-refractivity contribution in [2.24, 2.45) is 0 Å². The molecule has 0 fully saturated rings. The van der Waals surface area contributed by atoms with Gasteiger partial charge in [0.15, 0.2) is 57.7 Å². The number of aliphatic hydroxyl groups is 4. The summed E-state index contributed by atoms with van der Waals surface area (Å²) in [5.41, 5.74) is -6.95. The Hall–Kier alpha value is -6.82. The van der Waals surface area contributed by atoms with E-state index >= 15 is 0 Å². The number of nitrogens with zero attached hydrogens (tertiary/aromatic N) is 4. The molecule has 0 saturated heterocycles. The van der Waals surface area contributed by atoms with Crippen molar-refractivity contribution in [1.29, 1.82) is 1.34 Å². The van der Waals surface area contributed by atoms with Gasteiger partial charge in [0, 0.05) is 50.2 Å². The van der Waals surface area contributed by atoms with E-state index in [1.54, 1.807) is 145 Å². The van der Waals surface area contributed by atoms with Crippen LogP contribution in [0.4, 0.5) is 0 Å². The molecule has 44 nitrogen and oxygen atoms in total. The fourth-order valence-corrected chi connectivity index (χ4v) is 8.33. The molecular formula is C90H166BBrClN4NaO40SU. The van der Waals surface area contributed by atoms with Crippen molar-refractivity contribution < 1.29 is 253 Å². The van der Waals surface area contributed by atoms with Crippen LogP contribution >= 0.6 is 26.6 Å². The molecule has 4 N–H and O–H groups in total. The van der Waals surface area contributed by atoms with E-state index in [1.807, 2.05) is 24.3 Å². The Morgan fingerprint density at radius 1 is 0.443 bits per heavy atom. The minimum absolute atomic E-state index is 0. The molecule has 2 aromatic rings. The van der Waals surface area contributed by atoms with Gasteiger partial charge in [0.1, 0.15) is 30.8 Å². The Labute approximate surface area is 892 Å². The van der Waals surface area contributed by atoms with Crippen molar-refractivity contribution in [3.05, 3.63) is 36.6 Å². The summed E-state index contributed by atoms with van der Waals surface area (Å²) in [5, 5.41) is 43.6. The molecule has 2 radical (unpaired) electrons. The maximum absolute atomic E-state index is 11.6. The van der Waals surface area contributed by atoms with Crippen LogP contribution in [0.2, 0.25) is 0 Å². The molecule has 3 atom stereocenters. The predicted octanol–water partition coefficient (Wildman–Crippen LogP) is 5.74. The SMILES string of the molecule is C.C=C(OC(C)(C)C(=O)OCC)C(=O)OCC.CCN(CC)CC.CCOC(=O)C(C)(C)O.CCOC(=O)C(CC)OC(C)(C)C(=O)OCC.CCOC(=O)C(CO)OC(C)(C)C(=O)OCC.CCOC(=O)C(CO)OC(C)(C)C(=O)OCC.CCOC(=O)CBr.CCOC(=O)COC(C)(C)C(=O)OCC.CCOC(=O)COC(C)(C)C(=O)OCC.CS(=O)(=O)Cl.OCn1nnc2ccccc21.[2H][B].[H-].[Na+].[U]. The van der Waals surface area contributed by atoms with Crippen LogP contribution in [-0.2, 0) is 178 Å². The van der Waals surface area contributed by atoms with E-state index in [0.717, 1.165) is 17.3 Å². The topological polar surface area (TPSA) is 573 Å². The third-order valence-electron chi connectivity index (χ3n) is 14.9. The quantitative estimate of drug-likeness (QED) is 0.0117. The number of aliphatic hydroxyl groups excluding tert-OH is 3. The van der Waals surface area contributed by atoms with Crippen molar-refractivity contribution in [3.63, 3.8) is 0 Å². The number of rotatable bonds is 47. The number of fused-ring (bicyclic) bond motifs is 1. The van der Waals surface area contributed by atoms with Crippen LogP contribution in [0, 0.1) is 31.1 Å². The molecule has 0 spiro atoms. The number of ether oxygens (including phenoxy) is 20. The number of hydrogen-bond donors (Lipinski definition) is 4. The van der Waals surface area contributed by atoms with Crippen molar-refractivity contribution in [1.82, 2.24) is 19.9 Å². The maximum atomic E-state index is 11.6. The van der Waals surface area contributed by atoms with Gasteiger partial charge in [-0.2, -0.15) is 0 Å². The number of carbonyl (C=O) groups excluding carboxylic acids is 14. The van der Waals surface area contributed by atoms with E-state index in [0.29, 0.717) is 44.8 Å². The zero-order valence-electron chi connectivity index (χ0n) is 90.2. The standard InChI is InChI=1S/C12H22O5.2C11H20O6.C11H18O5.2C10H18O5.C7H7N3O.C6H15N.C6H12O3.C4H7BrO2.CH3ClO2S.CH4.BH.Na.U.H/c1-6-9(10(13)15-7-2)17-12(4,5)11(14)16-8-3;2*1-5-15-9(13)8(7-12)17-11(3,4)10(14)16-6-2;1-6-14-9(12)8(3)16-11(4,5)10(13)15-7-2;2*1-5-13-8(11)7-15-10(3,4)9(12)14-6-2;11-5-10-7-4-2-1-3-6(7)8-9-10;1-4-7(5-2)6-3;1-4-9-5(7)6(2,3)8;1-2-7-4(6)3-5;1-5(2,3)4;;;;;/h9H,6-8H2,1-5H3;2*8,12H,5-7H2,1-4H3;3,6-7H2,1-2,4-5H3;2*5-7H2,1-4H3;1-4,11H,5H2;4-6H2,1-3H3;8H,4H2,1-3H3;2-3H2,1H3;1H3;1H4;1H;;;/q;;;;;;;;;;;;;+1;;-1/i;;;;;;;;;;;;1D;;;. The molecule has 50 heteroatoms. The molecule has 3 unspecified atom stereocenters. The number of alkyl halides is 1. The first kappa shape index (κ1) is 158. The zero-order chi connectivity index (χ0) is 110. The van der Waals surface area contributed by atoms with Gasteiger partial charge in [0.05, 0.1) is 117 Å². The van der Waals surface area contributed by atoms with E-state index in [4.69, 9.17) is 92.8 Å². The van der Waals surface area contributed by atoms with Crippen LogP contribution in [0.25, 0.3) is 11.0 Å². The second-order valence-electron chi connectivity index (χ2n) is 29.4. The first-order valence-corrected chi connectivity index (χ1v) is 47.8. The summed E-state index contributed by atoms with van der Waals surface area (Å²) in [7, 11) is 5.06. The molecule has 0 aliphatic heterocycles. The van der Waals surface area contributed by atoms with E-state index in [-0.39, 0.29) is 161 Å². The monoisotopic (exact) mass is 2360 g/mol. The van der Waals surface area contributed by atoms with Crippen LogP contribution < -0.4 is 29.6 Å². The zero-order valence-corrected chi connectivity index (χ0v) is 97.6. The average Bonchev–Trinajstić information content (AvgIpc) is 1.29. The number of para-hydroxylation sites is 1. The number of carbonyl (C=O) groups is 14. The molecule has 0 amide bonds. The molecule has 140 heavy (non-hydrogen) atoms. The smallest absolute Gasteiger partial charge is 1.00 e. The van der Waals surface area contributed by atoms with Gasteiger partial charge in [-0.15, -0.1) is 5.10 Å². The van der Waals surface area contributed by atoms with Gasteiger partial charge in [0.25, 0.3) is 0 Å². The van der Waals surface area contributed by atoms with Gasteiger partial charge in [-0.3, -0.25) is 4.79 Å². The maximum Gasteiger partial charge on any atom is 1.00 e. The number of halogens is 2. The third-order valence-corrected chi connectivity index (χ3v) is 15.4. The van der Waals surface area contributed by atoms with Crippen LogP contribution in [0.5, 0.6) is 0 Å². The van der Waals surface area contributed by atoms with Gasteiger partial charge < -0.3 is 121 Å². The molecule has 0 aliphatic carbocycles. The fourth-order valence-electron chi connectivity index (χ4n) is 8.17. The summed E-state index contributed by atoms with van der Waals surface area (Å²) in [5.74, 6) is -7.72.